The van der Waals surface area contributed by atoms with Crippen molar-refractivity contribution in [3.8, 4) is 0 Å². The Balaban J connectivity index is 2.41. The molecule has 1 aliphatic heterocycles. The van der Waals surface area contributed by atoms with Gasteiger partial charge in [-0.15, -0.1) is 0 Å². The molecule has 1 saturated heterocycles. The molecule has 0 spiro atoms. The van der Waals surface area contributed by atoms with Crippen molar-refractivity contribution in [2.45, 2.75) is 17.9 Å². The highest BCUT2D eigenvalue weighted by Crippen LogP contribution is 2.33. The van der Waals surface area contributed by atoms with Crippen molar-refractivity contribution in [2.24, 2.45) is 0 Å². The monoisotopic (exact) mass is 381 g/mol. The van der Waals surface area contributed by atoms with E-state index in [1.165, 1.54) is 16.4 Å². The minimum Gasteiger partial charge on any atom is -0.398 e. The standard InChI is InChI=1S/C12H17BrClN3O2S/c1-8-7-17(4-3-16(8)2)20(18,19)11-6-9(14)5-10(15)12(11)13/h5-6,8H,3-4,7,15H2,1-2H3. The molecule has 0 bridgehead atoms. The van der Waals surface area contributed by atoms with Gasteiger partial charge in [-0.1, -0.05) is 11.6 Å². The van der Waals surface area contributed by atoms with Crippen LogP contribution in [-0.4, -0.2) is 50.3 Å². The molecule has 8 heteroatoms. The number of hydrogen-bond donors (Lipinski definition) is 1. The number of sulfonamides is 1. The molecule has 0 aromatic heterocycles. The van der Waals surface area contributed by atoms with Crippen LogP contribution in [0.25, 0.3) is 0 Å². The van der Waals surface area contributed by atoms with Crippen LogP contribution in [0.1, 0.15) is 6.92 Å². The Bertz CT molecular complexity index is 623. The summed E-state index contributed by atoms with van der Waals surface area (Å²) in [5, 5.41) is 0.312. The molecule has 20 heavy (non-hydrogen) atoms. The maximum absolute atomic E-state index is 12.7. The Labute approximate surface area is 132 Å². The second-order valence-corrected chi connectivity index (χ2v) is 8.14. The van der Waals surface area contributed by atoms with Crippen LogP contribution in [0.5, 0.6) is 0 Å². The molecular weight excluding hydrogens is 366 g/mol. The van der Waals surface area contributed by atoms with Crippen molar-refractivity contribution in [1.29, 1.82) is 0 Å². The van der Waals surface area contributed by atoms with Crippen molar-refractivity contribution in [3.05, 3.63) is 21.6 Å². The van der Waals surface area contributed by atoms with Crippen LogP contribution in [-0.2, 0) is 10.0 Å². The summed E-state index contributed by atoms with van der Waals surface area (Å²) in [5.74, 6) is 0. The Morgan fingerprint density at radius 2 is 2.05 bits per heavy atom. The van der Waals surface area contributed by atoms with Gasteiger partial charge in [0.25, 0.3) is 0 Å². The van der Waals surface area contributed by atoms with E-state index in [4.69, 9.17) is 17.3 Å². The summed E-state index contributed by atoms with van der Waals surface area (Å²) >= 11 is 9.17. The lowest BCUT2D eigenvalue weighted by atomic mass is 10.2. The SMILES string of the molecule is CC1CN(S(=O)(=O)c2cc(Cl)cc(N)c2Br)CCN1C. The van der Waals surface area contributed by atoms with Gasteiger partial charge >= 0.3 is 0 Å². The van der Waals surface area contributed by atoms with Crippen LogP contribution in [0.3, 0.4) is 0 Å². The predicted molar refractivity (Wildman–Crippen MR) is 84.4 cm³/mol. The summed E-state index contributed by atoms with van der Waals surface area (Å²) in [6.07, 6.45) is 0. The lowest BCUT2D eigenvalue weighted by molar-refractivity contribution is 0.159. The van der Waals surface area contributed by atoms with Crippen molar-refractivity contribution in [1.82, 2.24) is 9.21 Å². The molecule has 112 valence electrons. The number of nitrogens with two attached hydrogens (primary N) is 1. The first kappa shape index (κ1) is 16.0. The molecule has 0 radical (unpaired) electrons. The third-order valence-corrected chi connectivity index (χ3v) is 6.83. The van der Waals surface area contributed by atoms with Gasteiger partial charge in [0.15, 0.2) is 0 Å². The van der Waals surface area contributed by atoms with Crippen molar-refractivity contribution in [2.75, 3.05) is 32.4 Å². The normalized spacial score (nSPS) is 22.1. The molecule has 0 aliphatic carbocycles. The van der Waals surface area contributed by atoms with Crippen molar-refractivity contribution < 1.29 is 8.42 Å². The van der Waals surface area contributed by atoms with Crippen molar-refractivity contribution >= 4 is 43.2 Å². The van der Waals surface area contributed by atoms with E-state index in [1.807, 2.05) is 14.0 Å². The maximum Gasteiger partial charge on any atom is 0.244 e. The minimum atomic E-state index is -3.60. The maximum atomic E-state index is 12.7. The number of nitrogens with zero attached hydrogens (tertiary/aromatic N) is 2. The van der Waals surface area contributed by atoms with E-state index in [0.29, 0.717) is 34.8 Å². The fourth-order valence-corrected chi connectivity index (χ4v) is 4.91. The van der Waals surface area contributed by atoms with Crippen LogP contribution in [0, 0.1) is 0 Å². The molecule has 0 saturated carbocycles. The van der Waals surface area contributed by atoms with E-state index in [2.05, 4.69) is 20.8 Å². The third-order valence-electron chi connectivity index (χ3n) is 3.57. The van der Waals surface area contributed by atoms with Crippen LogP contribution in [0.2, 0.25) is 5.02 Å². The largest absolute Gasteiger partial charge is 0.398 e. The van der Waals surface area contributed by atoms with Gasteiger partial charge in [0, 0.05) is 36.4 Å². The van der Waals surface area contributed by atoms with Gasteiger partial charge in [0.05, 0.1) is 9.37 Å². The zero-order valence-electron chi connectivity index (χ0n) is 11.3. The van der Waals surface area contributed by atoms with Crippen molar-refractivity contribution in [3.63, 3.8) is 0 Å². The molecule has 1 unspecified atom stereocenters. The summed E-state index contributed by atoms with van der Waals surface area (Å²) in [5.41, 5.74) is 6.09. The zero-order chi connectivity index (χ0) is 15.1. The van der Waals surface area contributed by atoms with E-state index < -0.39 is 10.0 Å². The smallest absolute Gasteiger partial charge is 0.244 e. The Morgan fingerprint density at radius 3 is 2.65 bits per heavy atom. The summed E-state index contributed by atoms with van der Waals surface area (Å²) < 4.78 is 27.3. The second kappa shape index (κ2) is 5.81. The Morgan fingerprint density at radius 1 is 1.40 bits per heavy atom. The summed E-state index contributed by atoms with van der Waals surface area (Å²) in [4.78, 5) is 2.26. The molecule has 1 aromatic rings. The van der Waals surface area contributed by atoms with E-state index in [-0.39, 0.29) is 10.9 Å². The number of nitrogen functional groups attached to an aromatic ring is 1. The molecule has 1 fully saturated rings. The van der Waals surface area contributed by atoms with Crippen LogP contribution >= 0.6 is 27.5 Å². The number of benzene rings is 1. The van der Waals surface area contributed by atoms with Gasteiger partial charge < -0.3 is 10.6 Å². The first-order valence-corrected chi connectivity index (χ1v) is 8.79. The zero-order valence-corrected chi connectivity index (χ0v) is 14.5. The molecule has 2 N–H and O–H groups in total. The number of halogens is 2. The minimum absolute atomic E-state index is 0.124. The number of hydrogen-bond acceptors (Lipinski definition) is 4. The number of rotatable bonds is 2. The number of likely N-dealkylation sites (N-methyl/N-ethyl adjacent to an activating group) is 1. The van der Waals surface area contributed by atoms with Gasteiger partial charge in [-0.25, -0.2) is 8.42 Å². The fraction of sp³-hybridized carbons (Fsp3) is 0.500. The molecule has 5 nitrogen and oxygen atoms in total. The van der Waals surface area contributed by atoms with Gasteiger partial charge in [-0.05, 0) is 42.0 Å². The third kappa shape index (κ3) is 2.96. The topological polar surface area (TPSA) is 66.6 Å². The first-order chi connectivity index (χ1) is 9.23. The average molecular weight is 383 g/mol. The summed E-state index contributed by atoms with van der Waals surface area (Å²) in [6.45, 7) is 3.62. The number of piperazine rings is 1. The van der Waals surface area contributed by atoms with E-state index in [0.717, 1.165) is 0 Å². The molecule has 1 atom stereocenters. The van der Waals surface area contributed by atoms with Gasteiger partial charge in [0.1, 0.15) is 0 Å². The van der Waals surface area contributed by atoms with Gasteiger partial charge in [-0.2, -0.15) is 4.31 Å². The predicted octanol–water partition coefficient (Wildman–Crippen LogP) is 2.01. The van der Waals surface area contributed by atoms with E-state index in [9.17, 15) is 8.42 Å². The van der Waals surface area contributed by atoms with Crippen LogP contribution in [0.4, 0.5) is 5.69 Å². The lowest BCUT2D eigenvalue weighted by Crippen LogP contribution is -2.51. The summed E-state index contributed by atoms with van der Waals surface area (Å²) in [7, 11) is -1.61. The van der Waals surface area contributed by atoms with E-state index >= 15 is 0 Å². The highest BCUT2D eigenvalue weighted by molar-refractivity contribution is 9.10. The molecule has 1 heterocycles. The van der Waals surface area contributed by atoms with Gasteiger partial charge in [-0.3, -0.25) is 0 Å². The van der Waals surface area contributed by atoms with Crippen LogP contribution in [0.15, 0.2) is 21.5 Å². The molecule has 2 rings (SSSR count). The molecule has 0 amide bonds. The first-order valence-electron chi connectivity index (χ1n) is 6.18. The highest BCUT2D eigenvalue weighted by atomic mass is 79.9. The van der Waals surface area contributed by atoms with Gasteiger partial charge in [0.2, 0.25) is 10.0 Å². The number of anilines is 1. The highest BCUT2D eigenvalue weighted by Gasteiger charge is 2.32. The lowest BCUT2D eigenvalue weighted by Gasteiger charge is -2.37. The average Bonchev–Trinajstić information content (AvgIpc) is 2.36. The molecule has 1 aromatic carbocycles. The summed E-state index contributed by atoms with van der Waals surface area (Å²) in [6, 6.07) is 3.13. The molecule has 1 aliphatic rings. The molecular formula is C12H17BrClN3O2S. The fourth-order valence-electron chi connectivity index (χ4n) is 2.14. The Hall–Kier alpha value is -0.340. The van der Waals surface area contributed by atoms with Crippen LogP contribution < -0.4 is 5.73 Å². The Kier molecular flexibility index (Phi) is 4.66. The van der Waals surface area contributed by atoms with E-state index in [1.54, 1.807) is 0 Å². The second-order valence-electron chi connectivity index (χ2n) is 5.00. The quantitative estimate of drug-likeness (QED) is 0.795.